The van der Waals surface area contributed by atoms with Crippen LogP contribution in [-0.4, -0.2) is 50.0 Å². The van der Waals surface area contributed by atoms with E-state index in [0.717, 1.165) is 28.5 Å². The minimum Gasteiger partial charge on any atom is -0.450 e. The van der Waals surface area contributed by atoms with Gasteiger partial charge >= 0.3 is 6.09 Å². The topological polar surface area (TPSA) is 84.9 Å². The van der Waals surface area contributed by atoms with Gasteiger partial charge in [0, 0.05) is 35.9 Å². The molecule has 2 bridgehead atoms. The summed E-state index contributed by atoms with van der Waals surface area (Å²) in [7, 11) is 1.64. The lowest BCUT2D eigenvalue weighted by atomic mass is 9.61. The first kappa shape index (κ1) is 25.6. The molecule has 1 amide bonds. The summed E-state index contributed by atoms with van der Waals surface area (Å²) >= 11 is 3.69. The molecule has 2 fully saturated rings. The Morgan fingerprint density at radius 3 is 2.71 bits per heavy atom. The number of hydrogen-bond donors (Lipinski definition) is 2. The molecule has 3 rings (SSSR count). The lowest BCUT2D eigenvalue weighted by Crippen LogP contribution is -2.48. The summed E-state index contributed by atoms with van der Waals surface area (Å²) in [4.78, 5) is 24.7. The van der Waals surface area contributed by atoms with Gasteiger partial charge in [-0.25, -0.2) is 4.79 Å². The third-order valence-electron chi connectivity index (χ3n) is 6.78. The molecule has 0 saturated heterocycles. The van der Waals surface area contributed by atoms with Gasteiger partial charge in [-0.05, 0) is 61.7 Å². The van der Waals surface area contributed by atoms with Crippen molar-refractivity contribution >= 4 is 27.8 Å². The number of halogens is 1. The molecule has 2 N–H and O–H groups in total. The second-order valence-electron chi connectivity index (χ2n) is 8.77. The number of carbonyl (C=O) groups is 2. The van der Waals surface area contributed by atoms with Crippen LogP contribution >= 0.6 is 15.9 Å². The molecule has 6 nitrogen and oxygen atoms in total. The highest BCUT2D eigenvalue weighted by Crippen LogP contribution is 2.68. The van der Waals surface area contributed by atoms with Gasteiger partial charge in [0.2, 0.25) is 0 Å². The van der Waals surface area contributed by atoms with Gasteiger partial charge in [-0.15, -0.1) is 12.3 Å². The highest BCUT2D eigenvalue weighted by Gasteiger charge is 2.65. The van der Waals surface area contributed by atoms with Crippen LogP contribution in [0.5, 0.6) is 0 Å². The number of aliphatic hydroxyl groups is 1. The number of rotatable bonds is 6. The maximum atomic E-state index is 12.4. The summed E-state index contributed by atoms with van der Waals surface area (Å²) in [5.74, 6) is 2.71. The summed E-state index contributed by atoms with van der Waals surface area (Å²) in [5.41, 5.74) is 1.37. The van der Waals surface area contributed by atoms with E-state index in [2.05, 4.69) is 40.5 Å². The smallest absolute Gasteiger partial charge is 0.407 e. The average Bonchev–Trinajstić information content (AvgIpc) is 2.89. The van der Waals surface area contributed by atoms with E-state index >= 15 is 0 Å². The number of hydrogen-bond acceptors (Lipinski definition) is 5. The molecule has 1 spiro atoms. The van der Waals surface area contributed by atoms with Crippen LogP contribution in [0, 0.1) is 29.1 Å². The monoisotopic (exact) mass is 495 g/mol. The van der Waals surface area contributed by atoms with Crippen molar-refractivity contribution in [2.75, 3.05) is 26.9 Å². The van der Waals surface area contributed by atoms with E-state index in [1.807, 2.05) is 6.08 Å². The Hall–Kier alpha value is -1.62. The minimum absolute atomic E-state index is 0.0599. The van der Waals surface area contributed by atoms with Crippen LogP contribution in [0.4, 0.5) is 4.79 Å². The van der Waals surface area contributed by atoms with Crippen molar-refractivity contribution in [3.05, 3.63) is 21.7 Å². The minimum atomic E-state index is -0.421. The number of fused-ring (bicyclic) bond motifs is 1. The van der Waals surface area contributed by atoms with Gasteiger partial charge in [0.1, 0.15) is 5.78 Å². The van der Waals surface area contributed by atoms with Crippen LogP contribution in [-0.2, 0) is 14.3 Å². The summed E-state index contributed by atoms with van der Waals surface area (Å²) in [6.45, 7) is 6.28. The third-order valence-corrected chi connectivity index (χ3v) is 7.50. The average molecular weight is 496 g/mol. The molecular formula is C24H34BrNO5. The Balaban J connectivity index is 0.00000107. The number of alkyl carbamates (subject to hydrolysis) is 1. The zero-order chi connectivity index (χ0) is 23.2. The molecule has 0 aromatic carbocycles. The van der Waals surface area contributed by atoms with Crippen LogP contribution < -0.4 is 5.32 Å². The van der Waals surface area contributed by atoms with E-state index in [9.17, 15) is 14.7 Å². The van der Waals surface area contributed by atoms with Gasteiger partial charge < -0.3 is 19.9 Å². The predicted octanol–water partition coefficient (Wildman–Crippen LogP) is 4.12. The molecule has 2 saturated carbocycles. The third kappa shape index (κ3) is 5.08. The summed E-state index contributed by atoms with van der Waals surface area (Å²) < 4.78 is 11.3. The van der Waals surface area contributed by atoms with Crippen molar-refractivity contribution in [3.63, 3.8) is 0 Å². The fourth-order valence-electron chi connectivity index (χ4n) is 6.05. The molecule has 0 aromatic heterocycles. The van der Waals surface area contributed by atoms with Crippen molar-refractivity contribution in [1.82, 2.24) is 5.32 Å². The quantitative estimate of drug-likeness (QED) is 0.541. The maximum Gasteiger partial charge on any atom is 0.407 e. The first-order valence-electron chi connectivity index (χ1n) is 10.7. The van der Waals surface area contributed by atoms with Crippen LogP contribution in [0.1, 0.15) is 52.9 Å². The van der Waals surface area contributed by atoms with Gasteiger partial charge in [-0.3, -0.25) is 4.79 Å². The molecule has 3 aliphatic rings. The molecule has 31 heavy (non-hydrogen) atoms. The molecule has 172 valence electrons. The van der Waals surface area contributed by atoms with Crippen LogP contribution in [0.2, 0.25) is 0 Å². The van der Waals surface area contributed by atoms with Crippen molar-refractivity contribution in [3.8, 4) is 12.3 Å². The van der Waals surface area contributed by atoms with Crippen molar-refractivity contribution in [1.29, 1.82) is 0 Å². The Morgan fingerprint density at radius 1 is 1.45 bits per heavy atom. The van der Waals surface area contributed by atoms with E-state index in [1.165, 1.54) is 0 Å². The Kier molecular flexibility index (Phi) is 8.93. The summed E-state index contributed by atoms with van der Waals surface area (Å²) in [5, 5.41) is 13.3. The second-order valence-corrected chi connectivity index (χ2v) is 9.62. The number of ketones is 1. The van der Waals surface area contributed by atoms with Crippen LogP contribution in [0.25, 0.3) is 0 Å². The maximum absolute atomic E-state index is 12.4. The number of amides is 1. The number of terminal acetylenes is 1. The van der Waals surface area contributed by atoms with Gasteiger partial charge in [-0.1, -0.05) is 22.9 Å². The van der Waals surface area contributed by atoms with Crippen LogP contribution in [0.3, 0.4) is 0 Å². The molecule has 4 atom stereocenters. The fourth-order valence-corrected chi connectivity index (χ4v) is 6.91. The van der Waals surface area contributed by atoms with Gasteiger partial charge in [0.15, 0.2) is 0 Å². The van der Waals surface area contributed by atoms with Crippen molar-refractivity contribution < 1.29 is 24.2 Å². The molecule has 0 heterocycles. The molecule has 0 aliphatic heterocycles. The van der Waals surface area contributed by atoms with Crippen LogP contribution in [0.15, 0.2) is 21.7 Å². The number of aliphatic hydroxyl groups excluding tert-OH is 1. The van der Waals surface area contributed by atoms with Gasteiger partial charge in [0.05, 0.1) is 19.8 Å². The van der Waals surface area contributed by atoms with Crippen molar-refractivity contribution in [2.45, 2.75) is 58.9 Å². The lowest BCUT2D eigenvalue weighted by molar-refractivity contribution is -0.125. The Bertz CT molecular complexity index is 798. The summed E-state index contributed by atoms with van der Waals surface area (Å²) in [6.07, 6.45) is 9.44. The van der Waals surface area contributed by atoms with Gasteiger partial charge in [0.25, 0.3) is 0 Å². The second kappa shape index (κ2) is 10.8. The summed E-state index contributed by atoms with van der Waals surface area (Å²) in [6, 6.07) is -0.151. The first-order chi connectivity index (χ1) is 14.7. The number of nitrogens with one attached hydrogen (secondary N) is 1. The highest BCUT2D eigenvalue weighted by atomic mass is 79.9. The van der Waals surface area contributed by atoms with Crippen molar-refractivity contribution in [2.24, 2.45) is 16.7 Å². The number of carbonyl (C=O) groups excluding carboxylic acids is 2. The standard InChI is InChI=1S/C21H30BrNO5.C3H4/c1-4-28-19(26)23-18-15-6-5-14(25)10-21(15)9-13(11-24)17(20(18,2)12-21)16(22)7-8-27-3;1-3-2/h7,15,18,24H,4-6,8-12H2,1-3H3,(H,23,26);1H,2H3/b16-7+;/t15?,18?,20?,21-;/m1./s1. The molecule has 0 radical (unpaired) electrons. The van der Waals surface area contributed by atoms with E-state index in [-0.39, 0.29) is 29.8 Å². The first-order valence-corrected chi connectivity index (χ1v) is 11.5. The Morgan fingerprint density at radius 2 is 2.13 bits per heavy atom. The molecule has 3 aliphatic carbocycles. The molecule has 7 heteroatoms. The predicted molar refractivity (Wildman–Crippen MR) is 124 cm³/mol. The van der Waals surface area contributed by atoms with E-state index in [4.69, 9.17) is 9.47 Å². The zero-order valence-corrected chi connectivity index (χ0v) is 20.5. The molecular weight excluding hydrogens is 462 g/mol. The lowest BCUT2D eigenvalue weighted by Gasteiger charge is -2.43. The molecule has 3 unspecified atom stereocenters. The number of allylic oxidation sites excluding steroid dienone is 1. The fraction of sp³-hybridized carbons (Fsp3) is 0.667. The highest BCUT2D eigenvalue weighted by molar-refractivity contribution is 9.12. The molecule has 0 aromatic rings. The largest absolute Gasteiger partial charge is 0.450 e. The van der Waals surface area contributed by atoms with E-state index in [0.29, 0.717) is 32.5 Å². The zero-order valence-electron chi connectivity index (χ0n) is 18.9. The van der Waals surface area contributed by atoms with Gasteiger partial charge in [-0.2, -0.15) is 0 Å². The van der Waals surface area contributed by atoms with E-state index in [1.54, 1.807) is 21.0 Å². The Labute approximate surface area is 194 Å². The normalized spacial score (nSPS) is 31.9. The SMILES string of the molecule is C#CC.CCOC(=O)NC1C2CCC(=O)C[C@@]23CC(CO)=C(/C(Br)=C\COC)C1(C)C3. The van der Waals surface area contributed by atoms with E-state index < -0.39 is 11.5 Å². The number of methoxy groups -OCH3 is 1. The number of Topliss-reactive ketones (excluding diaryl/α,β-unsaturated/α-hetero) is 1. The number of ether oxygens (including phenoxy) is 2.